The summed E-state index contributed by atoms with van der Waals surface area (Å²) in [5.74, 6) is -0.476. The number of thiophene rings is 1. The van der Waals surface area contributed by atoms with Crippen LogP contribution in [-0.4, -0.2) is 31.1 Å². The molecule has 1 aliphatic rings. The van der Waals surface area contributed by atoms with Gasteiger partial charge in [0.05, 0.1) is 12.0 Å². The molecule has 0 spiro atoms. The van der Waals surface area contributed by atoms with Gasteiger partial charge in [0.15, 0.2) is 0 Å². The number of hydrogen-bond donors (Lipinski definition) is 1. The molecule has 0 aliphatic carbocycles. The van der Waals surface area contributed by atoms with Gasteiger partial charge in [0.1, 0.15) is 16.9 Å². The molecule has 176 valence electrons. The highest BCUT2D eigenvalue weighted by molar-refractivity contribution is 7.66. The Morgan fingerprint density at radius 1 is 1.26 bits per heavy atom. The van der Waals surface area contributed by atoms with Crippen LogP contribution in [0.2, 0.25) is 0 Å². The molecule has 2 heterocycles. The van der Waals surface area contributed by atoms with Gasteiger partial charge in [0.2, 0.25) is 13.3 Å². The minimum atomic E-state index is -2.84. The van der Waals surface area contributed by atoms with E-state index in [1.54, 1.807) is 37.0 Å². The Morgan fingerprint density at radius 3 is 2.71 bits per heavy atom. The summed E-state index contributed by atoms with van der Waals surface area (Å²) in [6.45, 7) is 3.54. The average molecular weight is 498 g/mol. The number of nitriles is 1. The summed E-state index contributed by atoms with van der Waals surface area (Å²) in [4.78, 5) is 16.0. The number of amides is 1. The van der Waals surface area contributed by atoms with Crippen molar-refractivity contribution in [2.75, 3.05) is 25.6 Å². The number of halogens is 1. The van der Waals surface area contributed by atoms with Gasteiger partial charge in [-0.25, -0.2) is 4.39 Å². The molecular formula is C25H25FN3O3PS. The van der Waals surface area contributed by atoms with Crippen molar-refractivity contribution in [3.63, 3.8) is 0 Å². The number of carbonyl (C=O) groups excluding carboxylic acids is 1. The summed E-state index contributed by atoms with van der Waals surface area (Å²) >= 11 is 1.45. The predicted octanol–water partition coefficient (Wildman–Crippen LogP) is 4.68. The Morgan fingerprint density at radius 2 is 2.03 bits per heavy atom. The van der Waals surface area contributed by atoms with Crippen molar-refractivity contribution in [3.8, 4) is 6.07 Å². The van der Waals surface area contributed by atoms with Gasteiger partial charge < -0.3 is 9.84 Å². The van der Waals surface area contributed by atoms with E-state index in [2.05, 4.69) is 16.3 Å². The Bertz CT molecular complexity index is 1300. The van der Waals surface area contributed by atoms with Crippen molar-refractivity contribution in [1.29, 1.82) is 5.26 Å². The summed E-state index contributed by atoms with van der Waals surface area (Å²) in [6, 6.07) is 15.8. The minimum absolute atomic E-state index is 0.139. The molecule has 0 fully saturated rings. The first-order valence-electron chi connectivity index (χ1n) is 10.8. The van der Waals surface area contributed by atoms with E-state index in [0.717, 1.165) is 34.5 Å². The van der Waals surface area contributed by atoms with Gasteiger partial charge in [-0.15, -0.1) is 11.3 Å². The van der Waals surface area contributed by atoms with E-state index >= 15 is 0 Å². The Labute approximate surface area is 202 Å². The second-order valence-corrected chi connectivity index (χ2v) is 12.0. The molecule has 0 radical (unpaired) electrons. The third-order valence-electron chi connectivity index (χ3n) is 5.91. The van der Waals surface area contributed by atoms with E-state index in [9.17, 15) is 19.0 Å². The normalized spacial score (nSPS) is 15.2. The van der Waals surface area contributed by atoms with Crippen LogP contribution in [-0.2, 0) is 39.8 Å². The van der Waals surface area contributed by atoms with Crippen LogP contribution in [0.15, 0.2) is 48.5 Å². The van der Waals surface area contributed by atoms with Crippen molar-refractivity contribution in [3.05, 3.63) is 81.5 Å². The number of benzene rings is 2. The van der Waals surface area contributed by atoms with Crippen molar-refractivity contribution in [2.24, 2.45) is 0 Å². The standard InChI is InChI=1S/C25H25FN3O3PS/c1-32-33(2,31)20-8-6-17(7-9-20)13-24(30)28-25-21(14-27)22-16-29(11-10-23(22)34-25)15-18-4-3-5-19(26)12-18/h3-9,12H,10-11,13,15-16H2,1-2H3,(H,28,30). The monoisotopic (exact) mass is 497 g/mol. The van der Waals surface area contributed by atoms with E-state index in [0.29, 0.717) is 29.0 Å². The van der Waals surface area contributed by atoms with Crippen molar-refractivity contribution < 1.29 is 18.3 Å². The van der Waals surface area contributed by atoms with Gasteiger partial charge in [0, 0.05) is 49.2 Å². The Hall–Kier alpha value is -2.82. The molecule has 1 N–H and O–H groups in total. The molecule has 1 aromatic heterocycles. The zero-order chi connectivity index (χ0) is 24.3. The third-order valence-corrected chi connectivity index (χ3v) is 9.05. The molecular weight excluding hydrogens is 472 g/mol. The molecule has 4 rings (SSSR count). The Kier molecular flexibility index (Phi) is 7.30. The Balaban J connectivity index is 1.44. The maximum absolute atomic E-state index is 13.5. The van der Waals surface area contributed by atoms with Gasteiger partial charge in [-0.05, 0) is 41.8 Å². The van der Waals surface area contributed by atoms with Gasteiger partial charge >= 0.3 is 0 Å². The first-order chi connectivity index (χ1) is 16.3. The zero-order valence-corrected chi connectivity index (χ0v) is 20.7. The molecule has 0 saturated heterocycles. The number of hydrogen-bond acceptors (Lipinski definition) is 6. The quantitative estimate of drug-likeness (QED) is 0.480. The second-order valence-electron chi connectivity index (χ2n) is 8.33. The van der Waals surface area contributed by atoms with Crippen LogP contribution in [0, 0.1) is 17.1 Å². The fourth-order valence-corrected chi connectivity index (χ4v) is 6.09. The summed E-state index contributed by atoms with van der Waals surface area (Å²) in [5.41, 5.74) is 3.10. The first-order valence-corrected chi connectivity index (χ1v) is 13.7. The van der Waals surface area contributed by atoms with Crippen LogP contribution in [0.4, 0.5) is 9.39 Å². The van der Waals surface area contributed by atoms with Crippen LogP contribution in [0.3, 0.4) is 0 Å². The van der Waals surface area contributed by atoms with Gasteiger partial charge in [-0.1, -0.05) is 24.3 Å². The molecule has 1 atom stereocenters. The van der Waals surface area contributed by atoms with Crippen LogP contribution >= 0.6 is 18.7 Å². The molecule has 0 bridgehead atoms. The fourth-order valence-electron chi connectivity index (χ4n) is 4.02. The molecule has 34 heavy (non-hydrogen) atoms. The van der Waals surface area contributed by atoms with E-state index < -0.39 is 7.37 Å². The summed E-state index contributed by atoms with van der Waals surface area (Å²) in [5, 5.41) is 13.9. The van der Waals surface area contributed by atoms with Crippen LogP contribution < -0.4 is 10.6 Å². The SMILES string of the molecule is COP(C)(=O)c1ccc(CC(=O)Nc2sc3c(c2C#N)CN(Cc2cccc(F)c2)CC3)cc1. The maximum Gasteiger partial charge on any atom is 0.229 e. The molecule has 3 aromatic rings. The third kappa shape index (κ3) is 5.45. The number of anilines is 1. The van der Waals surface area contributed by atoms with Gasteiger partial charge in [0.25, 0.3) is 0 Å². The molecule has 1 amide bonds. The smallest absolute Gasteiger partial charge is 0.229 e. The highest BCUT2D eigenvalue weighted by Gasteiger charge is 2.25. The van der Waals surface area contributed by atoms with Crippen molar-refractivity contribution >= 4 is 34.9 Å². The van der Waals surface area contributed by atoms with Crippen LogP contribution in [0.25, 0.3) is 0 Å². The summed E-state index contributed by atoms with van der Waals surface area (Å²) < 4.78 is 30.9. The zero-order valence-electron chi connectivity index (χ0n) is 19.0. The van der Waals surface area contributed by atoms with Gasteiger partial charge in [-0.3, -0.25) is 14.3 Å². The predicted molar refractivity (Wildman–Crippen MR) is 132 cm³/mol. The lowest BCUT2D eigenvalue weighted by molar-refractivity contribution is -0.115. The lowest BCUT2D eigenvalue weighted by Crippen LogP contribution is -2.29. The number of carbonyl (C=O) groups is 1. The molecule has 0 saturated carbocycles. The van der Waals surface area contributed by atoms with E-state index in [1.165, 1.54) is 30.6 Å². The lowest BCUT2D eigenvalue weighted by atomic mass is 10.0. The minimum Gasteiger partial charge on any atom is -0.329 e. The number of nitrogens with one attached hydrogen (secondary N) is 1. The summed E-state index contributed by atoms with van der Waals surface area (Å²) in [6.07, 6.45) is 0.915. The maximum atomic E-state index is 13.5. The van der Waals surface area contributed by atoms with Crippen LogP contribution in [0.5, 0.6) is 0 Å². The second kappa shape index (κ2) is 10.2. The molecule has 9 heteroatoms. The van der Waals surface area contributed by atoms with E-state index in [-0.39, 0.29) is 18.1 Å². The fraction of sp³-hybridized carbons (Fsp3) is 0.280. The average Bonchev–Trinajstić information content (AvgIpc) is 3.15. The largest absolute Gasteiger partial charge is 0.329 e. The highest BCUT2D eigenvalue weighted by atomic mass is 32.1. The van der Waals surface area contributed by atoms with E-state index in [4.69, 9.17) is 4.52 Å². The number of fused-ring (bicyclic) bond motifs is 1. The van der Waals surface area contributed by atoms with Crippen molar-refractivity contribution in [2.45, 2.75) is 25.9 Å². The number of nitrogens with zero attached hydrogens (tertiary/aromatic N) is 2. The highest BCUT2D eigenvalue weighted by Crippen LogP contribution is 2.40. The molecule has 1 aliphatic heterocycles. The number of rotatable bonds is 7. The van der Waals surface area contributed by atoms with Crippen molar-refractivity contribution in [1.82, 2.24) is 4.90 Å². The molecule has 1 unspecified atom stereocenters. The molecule has 6 nitrogen and oxygen atoms in total. The molecule has 2 aromatic carbocycles. The topological polar surface area (TPSA) is 82.4 Å². The van der Waals surface area contributed by atoms with E-state index in [1.807, 2.05) is 6.07 Å². The lowest BCUT2D eigenvalue weighted by Gasteiger charge is -2.27. The van der Waals surface area contributed by atoms with Gasteiger partial charge in [-0.2, -0.15) is 5.26 Å². The summed E-state index contributed by atoms with van der Waals surface area (Å²) in [7, 11) is -1.42. The first kappa shape index (κ1) is 24.3. The van der Waals surface area contributed by atoms with Crippen LogP contribution in [0.1, 0.15) is 27.1 Å².